The van der Waals surface area contributed by atoms with Crippen LogP contribution >= 0.6 is 34.5 Å². The highest BCUT2D eigenvalue weighted by atomic mass is 35.5. The van der Waals surface area contributed by atoms with E-state index < -0.39 is 0 Å². The molecule has 2 aromatic carbocycles. The number of carbonyl (C=O) groups is 1. The van der Waals surface area contributed by atoms with Gasteiger partial charge in [0.1, 0.15) is 11.3 Å². The maximum Gasteiger partial charge on any atom is 0.260 e. The molecule has 0 radical (unpaired) electrons. The lowest BCUT2D eigenvalue weighted by Gasteiger charge is -2.21. The van der Waals surface area contributed by atoms with Gasteiger partial charge in [0, 0.05) is 22.2 Å². The molecule has 29 heavy (non-hydrogen) atoms. The quantitative estimate of drug-likeness (QED) is 0.474. The second-order valence-corrected chi connectivity index (χ2v) is 8.88. The Bertz CT molecular complexity index is 1020. The third-order valence-electron chi connectivity index (χ3n) is 4.48. The van der Waals surface area contributed by atoms with E-state index in [0.717, 1.165) is 28.7 Å². The largest absolute Gasteiger partial charge is 0.494 e. The Kier molecular flexibility index (Phi) is 7.01. The molecule has 3 aromatic rings. The summed E-state index contributed by atoms with van der Waals surface area (Å²) in [7, 11) is 5.64. The number of rotatable bonds is 7. The van der Waals surface area contributed by atoms with Crippen LogP contribution in [0, 0.1) is 6.92 Å². The molecule has 0 bridgehead atoms. The van der Waals surface area contributed by atoms with Gasteiger partial charge in [-0.25, -0.2) is 4.98 Å². The highest BCUT2D eigenvalue weighted by molar-refractivity contribution is 7.22. The molecule has 5 nitrogen and oxygen atoms in total. The number of halogens is 2. The molecule has 3 rings (SSSR count). The number of aromatic nitrogens is 1. The highest BCUT2D eigenvalue weighted by Gasteiger charge is 2.23. The van der Waals surface area contributed by atoms with Crippen molar-refractivity contribution >= 4 is 55.8 Å². The predicted octanol–water partition coefficient (Wildman–Crippen LogP) is 5.52. The Morgan fingerprint density at radius 2 is 1.83 bits per heavy atom. The van der Waals surface area contributed by atoms with Crippen LogP contribution in [-0.4, -0.2) is 50.1 Å². The van der Waals surface area contributed by atoms with E-state index in [2.05, 4.69) is 4.90 Å². The zero-order valence-corrected chi connectivity index (χ0v) is 19.2. The molecule has 0 unspecified atom stereocenters. The van der Waals surface area contributed by atoms with Crippen LogP contribution < -0.4 is 9.64 Å². The number of nitrogens with zero attached hydrogens (tertiary/aromatic N) is 3. The van der Waals surface area contributed by atoms with Gasteiger partial charge in [-0.05, 0) is 63.8 Å². The lowest BCUT2D eigenvalue weighted by atomic mass is 10.2. The molecule has 154 valence electrons. The van der Waals surface area contributed by atoms with Crippen molar-refractivity contribution in [2.75, 3.05) is 39.2 Å². The van der Waals surface area contributed by atoms with Gasteiger partial charge in [0.2, 0.25) is 0 Å². The SMILES string of the molecule is COc1ccc(C)c2sc(N(CCCN(C)C)C(=O)c3cc(Cl)cc(Cl)c3)nc12. The summed E-state index contributed by atoms with van der Waals surface area (Å²) in [6, 6.07) is 8.78. The number of methoxy groups -OCH3 is 1. The van der Waals surface area contributed by atoms with Gasteiger partial charge in [0.15, 0.2) is 5.13 Å². The summed E-state index contributed by atoms with van der Waals surface area (Å²) in [4.78, 5) is 21.9. The van der Waals surface area contributed by atoms with Gasteiger partial charge >= 0.3 is 0 Å². The Hall–Kier alpha value is -1.86. The maximum absolute atomic E-state index is 13.4. The number of thiazole rings is 1. The summed E-state index contributed by atoms with van der Waals surface area (Å²) in [6.07, 6.45) is 0.805. The normalized spacial score (nSPS) is 11.3. The molecule has 0 saturated carbocycles. The van der Waals surface area contributed by atoms with Crippen molar-refractivity contribution in [3.63, 3.8) is 0 Å². The van der Waals surface area contributed by atoms with Crippen molar-refractivity contribution in [1.82, 2.24) is 9.88 Å². The van der Waals surface area contributed by atoms with Gasteiger partial charge in [0.05, 0.1) is 11.8 Å². The fourth-order valence-corrected chi connectivity index (χ4v) is 4.64. The molecule has 0 fully saturated rings. The second kappa shape index (κ2) is 9.30. The summed E-state index contributed by atoms with van der Waals surface area (Å²) in [5.41, 5.74) is 2.30. The molecule has 0 aliphatic rings. The maximum atomic E-state index is 13.4. The lowest BCUT2D eigenvalue weighted by Crippen LogP contribution is -2.33. The first-order chi connectivity index (χ1) is 13.8. The van der Waals surface area contributed by atoms with Crippen molar-refractivity contribution in [2.24, 2.45) is 0 Å². The van der Waals surface area contributed by atoms with Gasteiger partial charge in [-0.1, -0.05) is 40.6 Å². The van der Waals surface area contributed by atoms with Gasteiger partial charge in [0.25, 0.3) is 5.91 Å². The minimum atomic E-state index is -0.177. The fourth-order valence-electron chi connectivity index (χ4n) is 3.04. The third-order valence-corrected chi connectivity index (χ3v) is 6.13. The molecule has 0 spiro atoms. The van der Waals surface area contributed by atoms with E-state index in [4.69, 9.17) is 32.9 Å². The second-order valence-electron chi connectivity index (χ2n) is 7.03. The van der Waals surface area contributed by atoms with E-state index in [9.17, 15) is 4.79 Å². The number of benzene rings is 2. The Morgan fingerprint density at radius 1 is 1.14 bits per heavy atom. The number of hydrogen-bond acceptors (Lipinski definition) is 5. The van der Waals surface area contributed by atoms with Crippen LogP contribution in [0.4, 0.5) is 5.13 Å². The van der Waals surface area contributed by atoms with E-state index in [-0.39, 0.29) is 5.91 Å². The molecule has 0 aliphatic carbocycles. The van der Waals surface area contributed by atoms with Crippen molar-refractivity contribution < 1.29 is 9.53 Å². The van der Waals surface area contributed by atoms with Crippen LogP contribution in [0.2, 0.25) is 10.0 Å². The summed E-state index contributed by atoms with van der Waals surface area (Å²) in [5.74, 6) is 0.517. The average Bonchev–Trinajstić information content (AvgIpc) is 3.10. The van der Waals surface area contributed by atoms with E-state index in [1.165, 1.54) is 11.3 Å². The number of hydrogen-bond donors (Lipinski definition) is 0. The molecule has 1 aromatic heterocycles. The van der Waals surface area contributed by atoms with Gasteiger partial charge < -0.3 is 9.64 Å². The number of anilines is 1. The van der Waals surface area contributed by atoms with Crippen molar-refractivity contribution in [3.8, 4) is 5.75 Å². The summed E-state index contributed by atoms with van der Waals surface area (Å²) in [6.45, 7) is 3.41. The number of amides is 1. The summed E-state index contributed by atoms with van der Waals surface area (Å²) >= 11 is 13.7. The van der Waals surface area contributed by atoms with Crippen LogP contribution in [0.5, 0.6) is 5.75 Å². The summed E-state index contributed by atoms with van der Waals surface area (Å²) in [5, 5.41) is 1.49. The van der Waals surface area contributed by atoms with Crippen LogP contribution in [0.3, 0.4) is 0 Å². The smallest absolute Gasteiger partial charge is 0.260 e. The minimum absolute atomic E-state index is 0.177. The molecular weight excluding hydrogens is 429 g/mol. The van der Waals surface area contributed by atoms with Gasteiger partial charge in [-0.2, -0.15) is 0 Å². The van der Waals surface area contributed by atoms with Gasteiger partial charge in [-0.3, -0.25) is 9.69 Å². The molecule has 1 amide bonds. The summed E-state index contributed by atoms with van der Waals surface area (Å²) < 4.78 is 6.47. The lowest BCUT2D eigenvalue weighted by molar-refractivity contribution is 0.0986. The topological polar surface area (TPSA) is 45.7 Å². The monoisotopic (exact) mass is 451 g/mol. The van der Waals surface area contributed by atoms with E-state index in [0.29, 0.717) is 33.0 Å². The minimum Gasteiger partial charge on any atom is -0.494 e. The first kappa shape index (κ1) is 21.8. The molecule has 8 heteroatoms. The van der Waals surface area contributed by atoms with Crippen LogP contribution in [-0.2, 0) is 0 Å². The first-order valence-electron chi connectivity index (χ1n) is 9.17. The molecule has 1 heterocycles. The van der Waals surface area contributed by atoms with Crippen molar-refractivity contribution in [1.29, 1.82) is 0 Å². The standard InChI is InChI=1S/C21H23Cl2N3O2S/c1-13-6-7-17(28-4)18-19(13)29-21(24-18)26(9-5-8-25(2)3)20(27)14-10-15(22)12-16(23)11-14/h6-7,10-12H,5,8-9H2,1-4H3. The van der Waals surface area contributed by atoms with Crippen molar-refractivity contribution in [2.45, 2.75) is 13.3 Å². The van der Waals surface area contributed by atoms with Crippen LogP contribution in [0.1, 0.15) is 22.3 Å². The Balaban J connectivity index is 2.04. The third kappa shape index (κ3) is 5.01. The zero-order chi connectivity index (χ0) is 21.1. The number of aryl methyl sites for hydroxylation is 1. The fraction of sp³-hybridized carbons (Fsp3) is 0.333. The predicted molar refractivity (Wildman–Crippen MR) is 122 cm³/mol. The zero-order valence-electron chi connectivity index (χ0n) is 16.8. The van der Waals surface area contributed by atoms with E-state index in [1.54, 1.807) is 30.2 Å². The number of ether oxygens (including phenoxy) is 1. The van der Waals surface area contributed by atoms with Crippen LogP contribution in [0.15, 0.2) is 30.3 Å². The number of fused-ring (bicyclic) bond motifs is 1. The number of carbonyl (C=O) groups excluding carboxylic acids is 1. The Labute approximate surface area is 184 Å². The highest BCUT2D eigenvalue weighted by Crippen LogP contribution is 2.37. The first-order valence-corrected chi connectivity index (χ1v) is 10.7. The van der Waals surface area contributed by atoms with Crippen LogP contribution in [0.25, 0.3) is 10.2 Å². The Morgan fingerprint density at radius 3 is 2.45 bits per heavy atom. The molecule has 0 atom stereocenters. The molecule has 0 aliphatic heterocycles. The van der Waals surface area contributed by atoms with Gasteiger partial charge in [-0.15, -0.1) is 0 Å². The molecular formula is C21H23Cl2N3O2S. The van der Waals surface area contributed by atoms with E-state index >= 15 is 0 Å². The average molecular weight is 452 g/mol. The van der Waals surface area contributed by atoms with Crippen molar-refractivity contribution in [3.05, 3.63) is 51.5 Å². The molecule has 0 N–H and O–H groups in total. The van der Waals surface area contributed by atoms with E-state index in [1.807, 2.05) is 33.2 Å². The molecule has 0 saturated heterocycles.